The summed E-state index contributed by atoms with van der Waals surface area (Å²) in [6.45, 7) is 0. The van der Waals surface area contributed by atoms with Crippen molar-refractivity contribution >= 4 is 5.69 Å². The molecule has 2 aliphatic rings. The third-order valence-electron chi connectivity index (χ3n) is 4.46. The molecule has 0 bridgehead atoms. The maximum atomic E-state index is 13.8. The summed E-state index contributed by atoms with van der Waals surface area (Å²) in [4.78, 5) is 0. The quantitative estimate of drug-likeness (QED) is 0.886. The molecule has 0 aliphatic heterocycles. The predicted octanol–water partition coefficient (Wildman–Crippen LogP) is 4.08. The van der Waals surface area contributed by atoms with Gasteiger partial charge in [0.05, 0.1) is 17.3 Å². The van der Waals surface area contributed by atoms with Gasteiger partial charge in [0, 0.05) is 6.04 Å². The van der Waals surface area contributed by atoms with Crippen LogP contribution in [0.5, 0.6) is 0 Å². The van der Waals surface area contributed by atoms with Gasteiger partial charge < -0.3 is 5.32 Å². The van der Waals surface area contributed by atoms with E-state index < -0.39 is 0 Å². The summed E-state index contributed by atoms with van der Waals surface area (Å²) >= 11 is 0. The number of nitrogens with one attached hydrogen (secondary N) is 1. The summed E-state index contributed by atoms with van der Waals surface area (Å²) in [5.74, 6) is 1.47. The monoisotopic (exact) mass is 258 g/mol. The van der Waals surface area contributed by atoms with E-state index in [1.807, 2.05) is 6.07 Å². The van der Waals surface area contributed by atoms with E-state index in [0.717, 1.165) is 18.3 Å². The lowest BCUT2D eigenvalue weighted by atomic mass is 9.82. The van der Waals surface area contributed by atoms with Crippen LogP contribution in [0.25, 0.3) is 0 Å². The van der Waals surface area contributed by atoms with E-state index in [1.165, 1.54) is 38.2 Å². The van der Waals surface area contributed by atoms with Crippen LogP contribution in [-0.4, -0.2) is 6.04 Å². The number of nitriles is 1. The molecule has 19 heavy (non-hydrogen) atoms. The molecule has 2 aliphatic carbocycles. The lowest BCUT2D eigenvalue weighted by Crippen LogP contribution is -2.28. The van der Waals surface area contributed by atoms with E-state index in [0.29, 0.717) is 17.3 Å². The number of benzene rings is 1. The standard InChI is InChI=1S/C16H19FN2/c17-15-8-11(10-18)4-7-16(15)19-14-3-1-2-13(9-14)12-5-6-12/h4,7-8,12-14,19H,1-3,5-6,9H2. The first-order valence-electron chi connectivity index (χ1n) is 7.22. The average Bonchev–Trinajstić information content (AvgIpc) is 3.26. The Bertz CT molecular complexity index is 502. The van der Waals surface area contributed by atoms with Crippen molar-refractivity contribution in [2.45, 2.75) is 44.6 Å². The minimum Gasteiger partial charge on any atom is -0.380 e. The van der Waals surface area contributed by atoms with Gasteiger partial charge in [-0.3, -0.25) is 0 Å². The number of hydrogen-bond acceptors (Lipinski definition) is 2. The molecule has 0 spiro atoms. The molecule has 0 aromatic heterocycles. The largest absolute Gasteiger partial charge is 0.380 e. The van der Waals surface area contributed by atoms with Crippen molar-refractivity contribution in [3.63, 3.8) is 0 Å². The van der Waals surface area contributed by atoms with E-state index in [4.69, 9.17) is 5.26 Å². The molecule has 1 N–H and O–H groups in total. The minimum atomic E-state index is -0.312. The number of rotatable bonds is 3. The third-order valence-corrected chi connectivity index (χ3v) is 4.46. The van der Waals surface area contributed by atoms with Gasteiger partial charge in [0.1, 0.15) is 5.82 Å². The van der Waals surface area contributed by atoms with Gasteiger partial charge in [-0.15, -0.1) is 0 Å². The second-order valence-electron chi connectivity index (χ2n) is 5.91. The van der Waals surface area contributed by atoms with Gasteiger partial charge in [0.15, 0.2) is 0 Å². The number of halogens is 1. The molecule has 2 fully saturated rings. The van der Waals surface area contributed by atoms with E-state index in [-0.39, 0.29) is 5.82 Å². The summed E-state index contributed by atoms with van der Waals surface area (Å²) in [6, 6.07) is 7.02. The van der Waals surface area contributed by atoms with Crippen LogP contribution in [0.1, 0.15) is 44.1 Å². The first-order valence-corrected chi connectivity index (χ1v) is 7.22. The normalized spacial score (nSPS) is 26.7. The highest BCUT2D eigenvalue weighted by molar-refractivity contribution is 5.49. The van der Waals surface area contributed by atoms with Gasteiger partial charge >= 0.3 is 0 Å². The average molecular weight is 258 g/mol. The van der Waals surface area contributed by atoms with Crippen LogP contribution in [0.15, 0.2) is 18.2 Å². The van der Waals surface area contributed by atoms with Crippen molar-refractivity contribution in [2.75, 3.05) is 5.32 Å². The molecule has 1 aromatic carbocycles. The third kappa shape index (κ3) is 2.89. The molecule has 3 rings (SSSR count). The number of anilines is 1. The Morgan fingerprint density at radius 1 is 1.16 bits per heavy atom. The molecule has 2 nitrogen and oxygen atoms in total. The SMILES string of the molecule is N#Cc1ccc(NC2CCCC(C3CC3)C2)c(F)c1. The molecular weight excluding hydrogens is 239 g/mol. The second kappa shape index (κ2) is 5.21. The molecule has 2 saturated carbocycles. The molecule has 2 unspecified atom stereocenters. The summed E-state index contributed by atoms with van der Waals surface area (Å²) in [6.07, 6.45) is 7.67. The Labute approximate surface area is 113 Å². The van der Waals surface area contributed by atoms with Crippen LogP contribution in [0, 0.1) is 29.0 Å². The highest BCUT2D eigenvalue weighted by Crippen LogP contribution is 2.44. The fourth-order valence-corrected chi connectivity index (χ4v) is 3.28. The highest BCUT2D eigenvalue weighted by Gasteiger charge is 2.34. The zero-order chi connectivity index (χ0) is 13.2. The molecule has 0 amide bonds. The molecule has 0 heterocycles. The van der Waals surface area contributed by atoms with Crippen molar-refractivity contribution in [1.82, 2.24) is 0 Å². The Morgan fingerprint density at radius 2 is 2.00 bits per heavy atom. The Morgan fingerprint density at radius 3 is 2.68 bits per heavy atom. The maximum Gasteiger partial charge on any atom is 0.147 e. The van der Waals surface area contributed by atoms with Gasteiger partial charge in [-0.05, 0) is 55.7 Å². The van der Waals surface area contributed by atoms with Crippen molar-refractivity contribution in [3.8, 4) is 6.07 Å². The summed E-state index contributed by atoms with van der Waals surface area (Å²) in [5.41, 5.74) is 0.919. The van der Waals surface area contributed by atoms with Crippen molar-refractivity contribution < 1.29 is 4.39 Å². The minimum absolute atomic E-state index is 0.312. The predicted molar refractivity (Wildman–Crippen MR) is 73.2 cm³/mol. The van der Waals surface area contributed by atoms with Gasteiger partial charge in [0.25, 0.3) is 0 Å². The van der Waals surface area contributed by atoms with Gasteiger partial charge in [0.2, 0.25) is 0 Å². The van der Waals surface area contributed by atoms with Crippen LogP contribution < -0.4 is 5.32 Å². The first kappa shape index (κ1) is 12.5. The number of hydrogen-bond donors (Lipinski definition) is 1. The summed E-state index contributed by atoms with van der Waals surface area (Å²) in [7, 11) is 0. The summed E-state index contributed by atoms with van der Waals surface area (Å²) in [5, 5.41) is 12.1. The topological polar surface area (TPSA) is 35.8 Å². The molecule has 1 aromatic rings. The van der Waals surface area contributed by atoms with Crippen LogP contribution in [0.4, 0.5) is 10.1 Å². The fourth-order valence-electron chi connectivity index (χ4n) is 3.28. The van der Waals surface area contributed by atoms with Crippen molar-refractivity contribution in [3.05, 3.63) is 29.6 Å². The Hall–Kier alpha value is -1.56. The first-order chi connectivity index (χ1) is 9.26. The second-order valence-corrected chi connectivity index (χ2v) is 5.91. The zero-order valence-electron chi connectivity index (χ0n) is 11.0. The van der Waals surface area contributed by atoms with Crippen LogP contribution in [0.3, 0.4) is 0 Å². The number of nitrogens with zero attached hydrogens (tertiary/aromatic N) is 1. The van der Waals surface area contributed by atoms with Crippen LogP contribution in [-0.2, 0) is 0 Å². The van der Waals surface area contributed by atoms with Gasteiger partial charge in [-0.25, -0.2) is 4.39 Å². The van der Waals surface area contributed by atoms with Gasteiger partial charge in [-0.1, -0.05) is 12.8 Å². The molecule has 100 valence electrons. The van der Waals surface area contributed by atoms with Crippen LogP contribution >= 0.6 is 0 Å². The molecular formula is C16H19FN2. The van der Waals surface area contributed by atoms with Crippen LogP contribution in [0.2, 0.25) is 0 Å². The molecule has 0 saturated heterocycles. The van der Waals surface area contributed by atoms with Gasteiger partial charge in [-0.2, -0.15) is 5.26 Å². The molecule has 0 radical (unpaired) electrons. The highest BCUT2D eigenvalue weighted by atomic mass is 19.1. The smallest absolute Gasteiger partial charge is 0.147 e. The zero-order valence-corrected chi connectivity index (χ0v) is 11.0. The molecule has 3 heteroatoms. The lowest BCUT2D eigenvalue weighted by molar-refractivity contribution is 0.302. The van der Waals surface area contributed by atoms with E-state index in [2.05, 4.69) is 5.32 Å². The lowest BCUT2D eigenvalue weighted by Gasteiger charge is -2.30. The van der Waals surface area contributed by atoms with Crippen molar-refractivity contribution in [1.29, 1.82) is 5.26 Å². The maximum absolute atomic E-state index is 13.8. The Kier molecular flexibility index (Phi) is 3.42. The van der Waals surface area contributed by atoms with E-state index in [9.17, 15) is 4.39 Å². The van der Waals surface area contributed by atoms with Crippen molar-refractivity contribution in [2.24, 2.45) is 11.8 Å². The van der Waals surface area contributed by atoms with E-state index >= 15 is 0 Å². The molecule has 2 atom stereocenters. The Balaban J connectivity index is 1.65. The van der Waals surface area contributed by atoms with E-state index in [1.54, 1.807) is 12.1 Å². The fraction of sp³-hybridized carbons (Fsp3) is 0.562. The summed E-state index contributed by atoms with van der Waals surface area (Å²) < 4.78 is 13.8.